The van der Waals surface area contributed by atoms with Crippen molar-refractivity contribution in [1.29, 1.82) is 0 Å². The molecule has 1 atom stereocenters. The number of carbonyl (C=O) groups excluding carboxylic acids is 1. The molecule has 0 rings (SSSR count). The number of unbranched alkanes of at least 4 members (excludes halogenated alkanes) is 1. The fourth-order valence-corrected chi connectivity index (χ4v) is 1.16. The standard InChI is InChI=1S/C11H18O3/c1-4-7-8-10(5-2)9-14-11(12)13-6-3/h3,10H,4-5,7-9H2,1-2H3. The summed E-state index contributed by atoms with van der Waals surface area (Å²) < 4.78 is 9.04. The first-order chi connectivity index (χ1) is 6.74. The lowest BCUT2D eigenvalue weighted by molar-refractivity contribution is 0.0734. The van der Waals surface area contributed by atoms with Crippen molar-refractivity contribution in [3.8, 4) is 12.5 Å². The van der Waals surface area contributed by atoms with Gasteiger partial charge in [0.15, 0.2) is 0 Å². The third kappa shape index (κ3) is 6.36. The molecule has 3 nitrogen and oxygen atoms in total. The molecule has 1 unspecified atom stereocenters. The second kappa shape index (κ2) is 8.43. The summed E-state index contributed by atoms with van der Waals surface area (Å²) in [5.41, 5.74) is 0. The number of hydrogen-bond donors (Lipinski definition) is 0. The molecular formula is C11H18O3. The first kappa shape index (κ1) is 12.8. The minimum Gasteiger partial charge on any atom is -0.433 e. The average molecular weight is 198 g/mol. The molecule has 80 valence electrons. The van der Waals surface area contributed by atoms with E-state index in [1.165, 1.54) is 0 Å². The molecule has 0 N–H and O–H groups in total. The largest absolute Gasteiger partial charge is 0.522 e. The second-order valence-electron chi connectivity index (χ2n) is 3.20. The highest BCUT2D eigenvalue weighted by Crippen LogP contribution is 2.12. The van der Waals surface area contributed by atoms with Crippen LogP contribution in [0.5, 0.6) is 0 Å². The lowest BCUT2D eigenvalue weighted by Gasteiger charge is -2.13. The van der Waals surface area contributed by atoms with Crippen LogP contribution in [0, 0.1) is 18.4 Å². The highest BCUT2D eigenvalue weighted by atomic mass is 16.7. The fraction of sp³-hybridized carbons (Fsp3) is 0.727. The minimum atomic E-state index is -0.776. The van der Waals surface area contributed by atoms with E-state index in [1.54, 1.807) is 6.11 Å². The molecule has 14 heavy (non-hydrogen) atoms. The maximum atomic E-state index is 10.8. The van der Waals surface area contributed by atoms with Crippen LogP contribution in [0.1, 0.15) is 39.5 Å². The fourth-order valence-electron chi connectivity index (χ4n) is 1.16. The summed E-state index contributed by atoms with van der Waals surface area (Å²) >= 11 is 0. The van der Waals surface area contributed by atoms with Gasteiger partial charge in [0, 0.05) is 0 Å². The zero-order chi connectivity index (χ0) is 10.8. The molecule has 0 aromatic carbocycles. The van der Waals surface area contributed by atoms with Gasteiger partial charge in [-0.1, -0.05) is 39.5 Å². The summed E-state index contributed by atoms with van der Waals surface area (Å²) in [7, 11) is 0. The maximum Gasteiger partial charge on any atom is 0.522 e. The molecule has 0 heterocycles. The smallest absolute Gasteiger partial charge is 0.433 e. The highest BCUT2D eigenvalue weighted by Gasteiger charge is 2.09. The molecule has 0 aromatic heterocycles. The van der Waals surface area contributed by atoms with E-state index in [1.807, 2.05) is 0 Å². The van der Waals surface area contributed by atoms with Crippen LogP contribution in [0.25, 0.3) is 0 Å². The number of ether oxygens (including phenoxy) is 2. The van der Waals surface area contributed by atoms with Crippen molar-refractivity contribution in [3.05, 3.63) is 0 Å². The molecule has 3 heteroatoms. The predicted octanol–water partition coefficient (Wildman–Crippen LogP) is 2.95. The Morgan fingerprint density at radius 3 is 2.71 bits per heavy atom. The van der Waals surface area contributed by atoms with E-state index in [4.69, 9.17) is 11.2 Å². The third-order valence-corrected chi connectivity index (χ3v) is 2.12. The first-order valence-electron chi connectivity index (χ1n) is 5.03. The molecule has 0 saturated carbocycles. The third-order valence-electron chi connectivity index (χ3n) is 2.12. The summed E-state index contributed by atoms with van der Waals surface area (Å²) in [5, 5.41) is 0. The topological polar surface area (TPSA) is 35.5 Å². The lowest BCUT2D eigenvalue weighted by Crippen LogP contribution is -2.13. The van der Waals surface area contributed by atoms with Crippen LogP contribution in [-0.4, -0.2) is 12.8 Å². The maximum absolute atomic E-state index is 10.8. The van der Waals surface area contributed by atoms with Gasteiger partial charge in [-0.15, -0.1) is 0 Å². The Balaban J connectivity index is 3.61. The van der Waals surface area contributed by atoms with Gasteiger partial charge in [0.2, 0.25) is 0 Å². The summed E-state index contributed by atoms with van der Waals surface area (Å²) in [6.07, 6.45) is 10.2. The zero-order valence-corrected chi connectivity index (χ0v) is 8.91. The zero-order valence-electron chi connectivity index (χ0n) is 8.91. The molecule has 0 saturated heterocycles. The van der Waals surface area contributed by atoms with Crippen molar-refractivity contribution in [1.82, 2.24) is 0 Å². The monoisotopic (exact) mass is 198 g/mol. The van der Waals surface area contributed by atoms with Crippen LogP contribution < -0.4 is 0 Å². The van der Waals surface area contributed by atoms with Crippen molar-refractivity contribution in [3.63, 3.8) is 0 Å². The molecule has 0 amide bonds. The van der Waals surface area contributed by atoms with Crippen molar-refractivity contribution in [2.24, 2.45) is 5.92 Å². The van der Waals surface area contributed by atoms with Crippen molar-refractivity contribution in [2.45, 2.75) is 39.5 Å². The van der Waals surface area contributed by atoms with Crippen molar-refractivity contribution >= 4 is 6.16 Å². The van der Waals surface area contributed by atoms with Gasteiger partial charge >= 0.3 is 6.16 Å². The summed E-state index contributed by atoms with van der Waals surface area (Å²) in [6.45, 7) is 4.62. The number of hydrogen-bond acceptors (Lipinski definition) is 3. The molecule has 0 bridgehead atoms. The number of carbonyl (C=O) groups is 1. The second-order valence-corrected chi connectivity index (χ2v) is 3.20. The van der Waals surface area contributed by atoms with E-state index in [9.17, 15) is 4.79 Å². The van der Waals surface area contributed by atoms with Crippen LogP contribution in [-0.2, 0) is 9.47 Å². The molecule has 0 spiro atoms. The molecule has 0 aliphatic rings. The van der Waals surface area contributed by atoms with Gasteiger partial charge in [0.05, 0.1) is 6.61 Å². The normalized spacial score (nSPS) is 11.5. The van der Waals surface area contributed by atoms with Crippen LogP contribution >= 0.6 is 0 Å². The first-order valence-corrected chi connectivity index (χ1v) is 5.03. The Morgan fingerprint density at radius 1 is 1.50 bits per heavy atom. The lowest BCUT2D eigenvalue weighted by atomic mass is 10.0. The van der Waals surface area contributed by atoms with Crippen LogP contribution in [0.2, 0.25) is 0 Å². The van der Waals surface area contributed by atoms with Gasteiger partial charge in [-0.25, -0.2) is 4.79 Å². The molecule has 0 aliphatic heterocycles. The van der Waals surface area contributed by atoms with Gasteiger partial charge in [-0.2, -0.15) is 0 Å². The molecular weight excluding hydrogens is 180 g/mol. The Kier molecular flexibility index (Phi) is 7.72. The minimum absolute atomic E-state index is 0.400. The average Bonchev–Trinajstić information content (AvgIpc) is 2.19. The molecule has 0 aliphatic carbocycles. The quantitative estimate of drug-likeness (QED) is 0.486. The van der Waals surface area contributed by atoms with E-state index in [0.29, 0.717) is 12.5 Å². The van der Waals surface area contributed by atoms with E-state index >= 15 is 0 Å². The molecule has 0 fully saturated rings. The van der Waals surface area contributed by atoms with Crippen molar-refractivity contribution in [2.75, 3.05) is 6.61 Å². The number of rotatable bonds is 6. The van der Waals surface area contributed by atoms with Gasteiger partial charge in [0.25, 0.3) is 0 Å². The SMILES string of the molecule is C#COC(=O)OCC(CC)CCCC. The Hall–Kier alpha value is -1.17. The Morgan fingerprint density at radius 2 is 2.21 bits per heavy atom. The van der Waals surface area contributed by atoms with Gasteiger partial charge < -0.3 is 9.47 Å². The van der Waals surface area contributed by atoms with Gasteiger partial charge in [0.1, 0.15) is 6.11 Å². The molecule has 0 radical (unpaired) electrons. The summed E-state index contributed by atoms with van der Waals surface area (Å²) in [4.78, 5) is 10.8. The van der Waals surface area contributed by atoms with E-state index in [2.05, 4.69) is 18.6 Å². The van der Waals surface area contributed by atoms with Crippen molar-refractivity contribution < 1.29 is 14.3 Å². The predicted molar refractivity (Wildman–Crippen MR) is 54.6 cm³/mol. The van der Waals surface area contributed by atoms with E-state index < -0.39 is 6.16 Å². The highest BCUT2D eigenvalue weighted by molar-refractivity contribution is 5.61. The Labute approximate surface area is 85.8 Å². The van der Waals surface area contributed by atoms with Gasteiger partial charge in [-0.05, 0) is 12.3 Å². The molecule has 0 aromatic rings. The van der Waals surface area contributed by atoms with Crippen LogP contribution in [0.15, 0.2) is 0 Å². The summed E-state index contributed by atoms with van der Waals surface area (Å²) in [6, 6.07) is 0. The Bertz CT molecular complexity index is 193. The van der Waals surface area contributed by atoms with E-state index in [-0.39, 0.29) is 0 Å². The van der Waals surface area contributed by atoms with Crippen LogP contribution in [0.4, 0.5) is 4.79 Å². The number of terminal acetylenes is 1. The van der Waals surface area contributed by atoms with E-state index in [0.717, 1.165) is 25.7 Å². The summed E-state index contributed by atoms with van der Waals surface area (Å²) in [5.74, 6) is 0.417. The van der Waals surface area contributed by atoms with Gasteiger partial charge in [-0.3, -0.25) is 0 Å². The van der Waals surface area contributed by atoms with Crippen LogP contribution in [0.3, 0.4) is 0 Å².